The zero-order chi connectivity index (χ0) is 17.5. The van der Waals surface area contributed by atoms with Crippen LogP contribution in [0.5, 0.6) is 0 Å². The van der Waals surface area contributed by atoms with Gasteiger partial charge in [0, 0.05) is 16.3 Å². The van der Waals surface area contributed by atoms with Gasteiger partial charge in [-0.25, -0.2) is 4.79 Å². The predicted molar refractivity (Wildman–Crippen MR) is 98.1 cm³/mol. The van der Waals surface area contributed by atoms with Crippen LogP contribution in [0.2, 0.25) is 5.02 Å². The number of benzene rings is 1. The van der Waals surface area contributed by atoms with Gasteiger partial charge < -0.3 is 10.1 Å². The number of ether oxygens (including phenoxy) is 1. The second-order valence-corrected chi connectivity index (χ2v) is 6.78. The number of carbonyl (C=O) groups excluding carboxylic acids is 2. The van der Waals surface area contributed by atoms with Crippen LogP contribution in [-0.2, 0) is 22.4 Å². The molecule has 1 aromatic carbocycles. The zero-order valence-electron chi connectivity index (χ0n) is 13.7. The maximum atomic E-state index is 12.2. The van der Waals surface area contributed by atoms with Crippen molar-refractivity contribution < 1.29 is 14.3 Å². The van der Waals surface area contributed by atoms with Crippen molar-refractivity contribution in [1.29, 1.82) is 0 Å². The van der Waals surface area contributed by atoms with E-state index in [1.807, 2.05) is 19.1 Å². The second kappa shape index (κ2) is 8.85. The van der Waals surface area contributed by atoms with E-state index >= 15 is 0 Å². The number of esters is 1. The molecular weight excluding hydrogens is 346 g/mol. The molecular formula is C18H20ClNO3S. The van der Waals surface area contributed by atoms with Crippen LogP contribution in [0.4, 0.5) is 5.00 Å². The first-order valence-corrected chi connectivity index (χ1v) is 9.07. The van der Waals surface area contributed by atoms with E-state index in [9.17, 15) is 9.59 Å². The van der Waals surface area contributed by atoms with Gasteiger partial charge in [0.2, 0.25) is 5.91 Å². The Morgan fingerprint density at radius 2 is 1.92 bits per heavy atom. The van der Waals surface area contributed by atoms with Crippen LogP contribution >= 0.6 is 22.9 Å². The SMILES string of the molecule is CCOC(=O)c1cc(CC)sc1NC(=O)CCc1ccc(Cl)cc1. The number of nitrogens with one attached hydrogen (secondary N) is 1. The van der Waals surface area contributed by atoms with E-state index < -0.39 is 5.97 Å². The van der Waals surface area contributed by atoms with Crippen molar-refractivity contribution in [2.75, 3.05) is 11.9 Å². The highest BCUT2D eigenvalue weighted by Crippen LogP contribution is 2.29. The molecule has 0 aliphatic heterocycles. The van der Waals surface area contributed by atoms with E-state index in [4.69, 9.17) is 16.3 Å². The van der Waals surface area contributed by atoms with E-state index in [0.717, 1.165) is 16.9 Å². The number of carbonyl (C=O) groups is 2. The van der Waals surface area contributed by atoms with E-state index in [-0.39, 0.29) is 5.91 Å². The van der Waals surface area contributed by atoms with Gasteiger partial charge in [-0.3, -0.25) is 4.79 Å². The Kier molecular flexibility index (Phi) is 6.82. The minimum atomic E-state index is -0.401. The van der Waals surface area contributed by atoms with Gasteiger partial charge in [0.05, 0.1) is 12.2 Å². The first-order chi connectivity index (χ1) is 11.5. The molecule has 0 atom stereocenters. The number of hydrogen-bond acceptors (Lipinski definition) is 4. The Labute approximate surface area is 150 Å². The van der Waals surface area contributed by atoms with Gasteiger partial charge in [-0.1, -0.05) is 30.7 Å². The fourth-order valence-electron chi connectivity index (χ4n) is 2.17. The van der Waals surface area contributed by atoms with Gasteiger partial charge in [-0.15, -0.1) is 11.3 Å². The number of anilines is 1. The summed E-state index contributed by atoms with van der Waals surface area (Å²) < 4.78 is 5.05. The molecule has 1 aromatic heterocycles. The molecule has 128 valence electrons. The van der Waals surface area contributed by atoms with Gasteiger partial charge in [0.25, 0.3) is 0 Å². The molecule has 0 unspecified atom stereocenters. The van der Waals surface area contributed by atoms with Gasteiger partial charge in [0.1, 0.15) is 5.00 Å². The van der Waals surface area contributed by atoms with Crippen molar-refractivity contribution in [3.63, 3.8) is 0 Å². The molecule has 0 saturated heterocycles. The van der Waals surface area contributed by atoms with Crippen LogP contribution in [0.3, 0.4) is 0 Å². The molecule has 24 heavy (non-hydrogen) atoms. The van der Waals surface area contributed by atoms with Crippen LogP contribution in [0, 0.1) is 0 Å². The van der Waals surface area contributed by atoms with Gasteiger partial charge in [0.15, 0.2) is 0 Å². The second-order valence-electron chi connectivity index (χ2n) is 5.20. The van der Waals surface area contributed by atoms with Crippen LogP contribution in [0.15, 0.2) is 30.3 Å². The summed E-state index contributed by atoms with van der Waals surface area (Å²) in [7, 11) is 0. The summed E-state index contributed by atoms with van der Waals surface area (Å²) >= 11 is 7.26. The Balaban J connectivity index is 2.01. The van der Waals surface area contributed by atoms with Crippen LogP contribution in [-0.4, -0.2) is 18.5 Å². The molecule has 2 aromatic rings. The summed E-state index contributed by atoms with van der Waals surface area (Å²) in [5.74, 6) is -0.526. The van der Waals surface area contributed by atoms with Crippen LogP contribution in [0.1, 0.15) is 41.1 Å². The lowest BCUT2D eigenvalue weighted by Crippen LogP contribution is -2.14. The highest BCUT2D eigenvalue weighted by Gasteiger charge is 2.18. The minimum Gasteiger partial charge on any atom is -0.462 e. The first kappa shape index (κ1) is 18.5. The topological polar surface area (TPSA) is 55.4 Å². The highest BCUT2D eigenvalue weighted by atomic mass is 35.5. The van der Waals surface area contributed by atoms with Crippen molar-refractivity contribution in [1.82, 2.24) is 0 Å². The summed E-state index contributed by atoms with van der Waals surface area (Å²) in [5.41, 5.74) is 1.47. The Morgan fingerprint density at radius 3 is 2.54 bits per heavy atom. The third-order valence-corrected chi connectivity index (χ3v) is 4.88. The lowest BCUT2D eigenvalue weighted by Gasteiger charge is -2.06. The third-order valence-electron chi connectivity index (χ3n) is 3.43. The standard InChI is InChI=1S/C18H20ClNO3S/c1-3-14-11-15(18(22)23-4-2)17(24-14)20-16(21)10-7-12-5-8-13(19)9-6-12/h5-6,8-9,11H,3-4,7,10H2,1-2H3,(H,20,21). The smallest absolute Gasteiger partial charge is 0.341 e. The van der Waals surface area contributed by atoms with Gasteiger partial charge >= 0.3 is 5.97 Å². The molecule has 0 saturated carbocycles. The number of thiophene rings is 1. The largest absolute Gasteiger partial charge is 0.462 e. The minimum absolute atomic E-state index is 0.125. The van der Waals surface area contributed by atoms with Crippen molar-refractivity contribution in [2.24, 2.45) is 0 Å². The number of amides is 1. The number of halogens is 1. The van der Waals surface area contributed by atoms with Gasteiger partial charge in [-0.2, -0.15) is 0 Å². The number of hydrogen-bond donors (Lipinski definition) is 1. The number of rotatable bonds is 7. The fraction of sp³-hybridized carbons (Fsp3) is 0.333. The molecule has 1 N–H and O–H groups in total. The van der Waals surface area contributed by atoms with Crippen LogP contribution in [0.25, 0.3) is 0 Å². The number of aryl methyl sites for hydroxylation is 2. The molecule has 0 bridgehead atoms. The Morgan fingerprint density at radius 1 is 1.21 bits per heavy atom. The summed E-state index contributed by atoms with van der Waals surface area (Å²) in [5, 5.41) is 4.07. The fourth-order valence-corrected chi connectivity index (χ4v) is 3.29. The van der Waals surface area contributed by atoms with E-state index in [0.29, 0.717) is 35.0 Å². The van der Waals surface area contributed by atoms with Crippen molar-refractivity contribution in [3.05, 3.63) is 51.4 Å². The average molecular weight is 366 g/mol. The summed E-state index contributed by atoms with van der Waals surface area (Å²) in [6.45, 7) is 4.07. The monoisotopic (exact) mass is 365 g/mol. The molecule has 6 heteroatoms. The van der Waals surface area contributed by atoms with E-state index in [1.165, 1.54) is 11.3 Å². The maximum Gasteiger partial charge on any atom is 0.341 e. The first-order valence-electron chi connectivity index (χ1n) is 7.87. The summed E-state index contributed by atoms with van der Waals surface area (Å²) in [6.07, 6.45) is 1.75. The molecule has 0 radical (unpaired) electrons. The molecule has 0 aliphatic rings. The van der Waals surface area contributed by atoms with E-state index in [2.05, 4.69) is 5.32 Å². The summed E-state index contributed by atoms with van der Waals surface area (Å²) in [4.78, 5) is 25.2. The molecule has 1 heterocycles. The van der Waals surface area contributed by atoms with Gasteiger partial charge in [-0.05, 0) is 43.5 Å². The third kappa shape index (κ3) is 5.08. The molecule has 2 rings (SSSR count). The molecule has 0 fully saturated rings. The quantitative estimate of drug-likeness (QED) is 0.723. The molecule has 1 amide bonds. The summed E-state index contributed by atoms with van der Waals surface area (Å²) in [6, 6.07) is 9.21. The van der Waals surface area contributed by atoms with E-state index in [1.54, 1.807) is 25.1 Å². The maximum absolute atomic E-state index is 12.2. The molecule has 4 nitrogen and oxygen atoms in total. The Bertz CT molecular complexity index is 710. The predicted octanol–water partition coefficient (Wildman–Crippen LogP) is 4.71. The average Bonchev–Trinajstić information content (AvgIpc) is 2.97. The lowest BCUT2D eigenvalue weighted by atomic mass is 10.1. The van der Waals surface area contributed by atoms with Crippen LogP contribution < -0.4 is 5.32 Å². The Hall–Kier alpha value is -1.85. The normalized spacial score (nSPS) is 10.5. The highest BCUT2D eigenvalue weighted by molar-refractivity contribution is 7.16. The zero-order valence-corrected chi connectivity index (χ0v) is 15.3. The molecule has 0 aliphatic carbocycles. The molecule has 0 spiro atoms. The van der Waals surface area contributed by atoms with Crippen molar-refractivity contribution in [3.8, 4) is 0 Å². The van der Waals surface area contributed by atoms with Crippen molar-refractivity contribution >= 4 is 39.8 Å². The van der Waals surface area contributed by atoms with Crippen molar-refractivity contribution in [2.45, 2.75) is 33.1 Å². The lowest BCUT2D eigenvalue weighted by molar-refractivity contribution is -0.116.